The Morgan fingerprint density at radius 3 is 3.11 bits per heavy atom. The molecule has 1 aromatic heterocycles. The highest BCUT2D eigenvalue weighted by Crippen LogP contribution is 2.20. The molecule has 18 heavy (non-hydrogen) atoms. The van der Waals surface area contributed by atoms with Gasteiger partial charge in [-0.2, -0.15) is 0 Å². The zero-order valence-electron chi connectivity index (χ0n) is 9.93. The summed E-state index contributed by atoms with van der Waals surface area (Å²) >= 11 is 0. The van der Waals surface area contributed by atoms with Gasteiger partial charge in [0.15, 0.2) is 5.78 Å². The zero-order chi connectivity index (χ0) is 12.5. The molecule has 1 aliphatic heterocycles. The molecule has 3 nitrogen and oxygen atoms in total. The van der Waals surface area contributed by atoms with Crippen LogP contribution in [0.1, 0.15) is 6.42 Å². The minimum Gasteiger partial charge on any atom is -0.381 e. The number of rotatable bonds is 3. The molecule has 1 aliphatic rings. The quantitative estimate of drug-likeness (QED) is 0.834. The fourth-order valence-corrected chi connectivity index (χ4v) is 2.41. The summed E-state index contributed by atoms with van der Waals surface area (Å²) in [6.45, 7) is 1.48. The summed E-state index contributed by atoms with van der Waals surface area (Å²) in [6, 6.07) is 6.64. The fourth-order valence-electron chi connectivity index (χ4n) is 2.41. The van der Waals surface area contributed by atoms with E-state index in [4.69, 9.17) is 4.74 Å². The van der Waals surface area contributed by atoms with Crippen LogP contribution in [0, 0.1) is 11.7 Å². The average Bonchev–Trinajstić information content (AvgIpc) is 2.99. The van der Waals surface area contributed by atoms with Gasteiger partial charge >= 0.3 is 0 Å². The predicted molar refractivity (Wildman–Crippen MR) is 65.8 cm³/mol. The topological polar surface area (TPSA) is 31.2 Å². The SMILES string of the molecule is O=C(Cn1ccc2c(F)cccc21)C1CCOC1. The third-order valence-corrected chi connectivity index (χ3v) is 3.47. The molecule has 1 atom stereocenters. The van der Waals surface area contributed by atoms with Gasteiger partial charge < -0.3 is 9.30 Å². The maximum atomic E-state index is 13.5. The Labute approximate surface area is 104 Å². The highest BCUT2D eigenvalue weighted by atomic mass is 19.1. The molecule has 4 heteroatoms. The number of hydrogen-bond donors (Lipinski definition) is 0. The van der Waals surface area contributed by atoms with Crippen LogP contribution < -0.4 is 0 Å². The standard InChI is InChI=1S/C14H14FNO2/c15-12-2-1-3-13-11(12)4-6-16(13)8-14(17)10-5-7-18-9-10/h1-4,6,10H,5,7-9H2. The van der Waals surface area contributed by atoms with E-state index in [0.29, 0.717) is 25.1 Å². The second-order valence-corrected chi connectivity index (χ2v) is 4.64. The maximum absolute atomic E-state index is 13.5. The Hall–Kier alpha value is -1.68. The van der Waals surface area contributed by atoms with E-state index in [9.17, 15) is 9.18 Å². The average molecular weight is 247 g/mol. The smallest absolute Gasteiger partial charge is 0.157 e. The lowest BCUT2D eigenvalue weighted by Crippen LogP contribution is -2.19. The third-order valence-electron chi connectivity index (χ3n) is 3.47. The van der Waals surface area contributed by atoms with Crippen LogP contribution in [0.2, 0.25) is 0 Å². The Bertz CT molecular complexity index is 584. The van der Waals surface area contributed by atoms with Crippen molar-refractivity contribution in [2.24, 2.45) is 5.92 Å². The number of halogens is 1. The van der Waals surface area contributed by atoms with E-state index < -0.39 is 0 Å². The van der Waals surface area contributed by atoms with Gasteiger partial charge in [0.1, 0.15) is 5.82 Å². The van der Waals surface area contributed by atoms with E-state index in [-0.39, 0.29) is 17.5 Å². The van der Waals surface area contributed by atoms with Gasteiger partial charge in [-0.3, -0.25) is 4.79 Å². The molecule has 1 fully saturated rings. The molecule has 3 rings (SSSR count). The van der Waals surface area contributed by atoms with Crippen LogP contribution >= 0.6 is 0 Å². The first kappa shape index (κ1) is 11.4. The minimum absolute atomic E-state index is 0.00370. The lowest BCUT2D eigenvalue weighted by molar-refractivity contribution is -0.123. The summed E-state index contributed by atoms with van der Waals surface area (Å²) in [5.74, 6) is -0.0897. The van der Waals surface area contributed by atoms with E-state index in [2.05, 4.69) is 0 Å². The van der Waals surface area contributed by atoms with Crippen LogP contribution in [0.25, 0.3) is 10.9 Å². The van der Waals surface area contributed by atoms with Crippen LogP contribution in [0.15, 0.2) is 30.5 Å². The molecule has 1 unspecified atom stereocenters. The van der Waals surface area contributed by atoms with Gasteiger partial charge in [-0.25, -0.2) is 4.39 Å². The van der Waals surface area contributed by atoms with Gasteiger partial charge in [-0.1, -0.05) is 6.07 Å². The summed E-state index contributed by atoms with van der Waals surface area (Å²) in [6.07, 6.45) is 2.56. The number of nitrogens with zero attached hydrogens (tertiary/aromatic N) is 1. The van der Waals surface area contributed by atoms with E-state index >= 15 is 0 Å². The van der Waals surface area contributed by atoms with Crippen molar-refractivity contribution >= 4 is 16.7 Å². The zero-order valence-corrected chi connectivity index (χ0v) is 9.93. The van der Waals surface area contributed by atoms with Crippen molar-refractivity contribution in [3.8, 4) is 0 Å². The van der Waals surface area contributed by atoms with Crippen LogP contribution in [0.3, 0.4) is 0 Å². The summed E-state index contributed by atoms with van der Waals surface area (Å²) < 4.78 is 20.5. The molecule has 0 N–H and O–H groups in total. The minimum atomic E-state index is -0.247. The summed E-state index contributed by atoms with van der Waals surface area (Å²) in [5, 5.41) is 0.563. The highest BCUT2D eigenvalue weighted by Gasteiger charge is 2.23. The molecule has 0 radical (unpaired) electrons. The van der Waals surface area contributed by atoms with Gasteiger partial charge in [0.25, 0.3) is 0 Å². The van der Waals surface area contributed by atoms with Crippen LogP contribution in [-0.4, -0.2) is 23.6 Å². The molecule has 1 aromatic carbocycles. The molecular formula is C14H14FNO2. The summed E-state index contributed by atoms with van der Waals surface area (Å²) in [7, 11) is 0. The fraction of sp³-hybridized carbons (Fsp3) is 0.357. The lowest BCUT2D eigenvalue weighted by Gasteiger charge is -2.08. The Kier molecular flexibility index (Phi) is 2.88. The molecule has 0 saturated carbocycles. The second-order valence-electron chi connectivity index (χ2n) is 4.64. The van der Waals surface area contributed by atoms with E-state index in [1.54, 1.807) is 22.9 Å². The van der Waals surface area contributed by atoms with Crippen molar-refractivity contribution in [2.45, 2.75) is 13.0 Å². The van der Waals surface area contributed by atoms with Crippen molar-refractivity contribution in [1.82, 2.24) is 4.57 Å². The van der Waals surface area contributed by atoms with Crippen LogP contribution in [0.5, 0.6) is 0 Å². The number of carbonyl (C=O) groups excluding carboxylic acids is 1. The van der Waals surface area contributed by atoms with Gasteiger partial charge in [-0.15, -0.1) is 0 Å². The van der Waals surface area contributed by atoms with Gasteiger partial charge in [0.2, 0.25) is 0 Å². The molecule has 0 bridgehead atoms. The molecule has 1 saturated heterocycles. The highest BCUT2D eigenvalue weighted by molar-refractivity contribution is 5.85. The Morgan fingerprint density at radius 2 is 2.33 bits per heavy atom. The largest absolute Gasteiger partial charge is 0.381 e. The number of ether oxygens (including phenoxy) is 1. The third kappa shape index (κ3) is 1.93. The van der Waals surface area contributed by atoms with E-state index in [0.717, 1.165) is 11.9 Å². The number of aromatic nitrogens is 1. The number of fused-ring (bicyclic) bond motifs is 1. The van der Waals surface area contributed by atoms with Crippen molar-refractivity contribution in [3.05, 3.63) is 36.3 Å². The first-order valence-electron chi connectivity index (χ1n) is 6.09. The van der Waals surface area contributed by atoms with Crippen molar-refractivity contribution in [3.63, 3.8) is 0 Å². The number of carbonyl (C=O) groups is 1. The van der Waals surface area contributed by atoms with Gasteiger partial charge in [-0.05, 0) is 24.6 Å². The molecule has 2 aromatic rings. The second kappa shape index (κ2) is 4.53. The van der Waals surface area contributed by atoms with Crippen molar-refractivity contribution in [1.29, 1.82) is 0 Å². The number of benzene rings is 1. The van der Waals surface area contributed by atoms with Crippen LogP contribution in [-0.2, 0) is 16.1 Å². The Balaban J connectivity index is 1.86. The van der Waals surface area contributed by atoms with Crippen molar-refractivity contribution < 1.29 is 13.9 Å². The van der Waals surface area contributed by atoms with E-state index in [1.807, 2.05) is 6.07 Å². The predicted octanol–water partition coefficient (Wildman–Crippen LogP) is 2.39. The number of hydrogen-bond acceptors (Lipinski definition) is 2. The summed E-state index contributed by atoms with van der Waals surface area (Å²) in [4.78, 5) is 12.0. The van der Waals surface area contributed by atoms with Crippen LogP contribution in [0.4, 0.5) is 4.39 Å². The molecule has 0 spiro atoms. The van der Waals surface area contributed by atoms with Crippen molar-refractivity contribution in [2.75, 3.05) is 13.2 Å². The van der Waals surface area contributed by atoms with Gasteiger partial charge in [0.05, 0.1) is 18.7 Å². The first-order valence-corrected chi connectivity index (χ1v) is 6.09. The normalized spacial score (nSPS) is 19.5. The molecular weight excluding hydrogens is 233 g/mol. The monoisotopic (exact) mass is 247 g/mol. The maximum Gasteiger partial charge on any atom is 0.157 e. The number of Topliss-reactive ketones (excluding diaryl/α,β-unsaturated/α-hetero) is 1. The molecule has 94 valence electrons. The molecule has 2 heterocycles. The lowest BCUT2D eigenvalue weighted by atomic mass is 10.0. The molecule has 0 aliphatic carbocycles. The van der Waals surface area contributed by atoms with E-state index in [1.165, 1.54) is 6.07 Å². The molecule has 0 amide bonds. The van der Waals surface area contributed by atoms with Gasteiger partial charge in [0, 0.05) is 24.1 Å². The Morgan fingerprint density at radius 1 is 1.44 bits per heavy atom. The summed E-state index contributed by atoms with van der Waals surface area (Å²) in [5.41, 5.74) is 0.766. The number of ketones is 1. The first-order chi connectivity index (χ1) is 8.75.